The number of nitro benzene ring substituents is 1. The molecule has 1 fully saturated rings. The van der Waals surface area contributed by atoms with Crippen LogP contribution in [0.1, 0.15) is 19.8 Å². The van der Waals surface area contributed by atoms with E-state index < -0.39 is 16.9 Å². The van der Waals surface area contributed by atoms with Gasteiger partial charge in [0.15, 0.2) is 6.10 Å². The molecule has 1 unspecified atom stereocenters. The number of anilines is 1. The molecule has 0 spiro atoms. The molecule has 0 bridgehead atoms. The molecule has 2 amide bonds. The van der Waals surface area contributed by atoms with Gasteiger partial charge in [-0.25, -0.2) is 0 Å². The van der Waals surface area contributed by atoms with E-state index in [0.717, 1.165) is 4.47 Å². The zero-order valence-electron chi connectivity index (χ0n) is 16.9. The lowest BCUT2D eigenvalue weighted by atomic mass is 9.95. The lowest BCUT2D eigenvalue weighted by molar-refractivity contribution is -0.384. The molecule has 31 heavy (non-hydrogen) atoms. The molecule has 3 rings (SSSR count). The van der Waals surface area contributed by atoms with E-state index in [2.05, 4.69) is 26.8 Å². The quantitative estimate of drug-likeness (QED) is 0.474. The normalized spacial score (nSPS) is 15.1. The predicted octanol–water partition coefficient (Wildman–Crippen LogP) is 3.19. The third-order valence-electron chi connectivity index (χ3n) is 5.07. The minimum Gasteiger partial charge on any atom is -0.481 e. The highest BCUT2D eigenvalue weighted by Crippen LogP contribution is 2.31. The van der Waals surface area contributed by atoms with Crippen LogP contribution in [-0.4, -0.2) is 35.9 Å². The smallest absolute Gasteiger partial charge is 0.292 e. The van der Waals surface area contributed by atoms with E-state index in [4.69, 9.17) is 4.74 Å². The fourth-order valence-corrected chi connectivity index (χ4v) is 3.77. The number of hydrazine groups is 1. The Morgan fingerprint density at radius 3 is 2.55 bits per heavy atom. The maximum atomic E-state index is 12.4. The van der Waals surface area contributed by atoms with Gasteiger partial charge in [-0.05, 0) is 44.0 Å². The molecule has 164 valence electrons. The number of hydrogen-bond donors (Lipinski definition) is 2. The van der Waals surface area contributed by atoms with Crippen LogP contribution in [0.15, 0.2) is 53.0 Å². The van der Waals surface area contributed by atoms with E-state index in [0.29, 0.717) is 37.4 Å². The van der Waals surface area contributed by atoms with Crippen molar-refractivity contribution in [1.82, 2.24) is 10.9 Å². The molecule has 1 saturated heterocycles. The van der Waals surface area contributed by atoms with Crippen molar-refractivity contribution in [2.75, 3.05) is 18.0 Å². The van der Waals surface area contributed by atoms with Crippen LogP contribution in [-0.2, 0) is 9.59 Å². The molecule has 0 aromatic heterocycles. The first-order valence-corrected chi connectivity index (χ1v) is 10.6. The zero-order valence-corrected chi connectivity index (χ0v) is 18.5. The van der Waals surface area contributed by atoms with Gasteiger partial charge in [0.05, 0.1) is 4.92 Å². The molecule has 1 aliphatic rings. The summed E-state index contributed by atoms with van der Waals surface area (Å²) in [5.41, 5.74) is 5.47. The van der Waals surface area contributed by atoms with Crippen molar-refractivity contribution < 1.29 is 19.2 Å². The van der Waals surface area contributed by atoms with Gasteiger partial charge in [0.25, 0.3) is 11.6 Å². The summed E-state index contributed by atoms with van der Waals surface area (Å²) in [6, 6.07) is 13.7. The van der Waals surface area contributed by atoms with Crippen LogP contribution in [0.25, 0.3) is 0 Å². The minimum atomic E-state index is -0.796. The Hall–Kier alpha value is -3.14. The number of hydrogen-bond acceptors (Lipinski definition) is 6. The standard InChI is InChI=1S/C21H23BrN4O5/c1-14(31-17-6-4-5-16(22)13-17)20(27)23-24-21(28)15-9-11-25(12-10-15)18-7-2-3-8-19(18)26(29)30/h2-8,13-15H,9-12H2,1H3,(H,23,27)(H,24,28). The Kier molecular flexibility index (Phi) is 7.45. The van der Waals surface area contributed by atoms with E-state index in [1.165, 1.54) is 6.07 Å². The maximum absolute atomic E-state index is 12.4. The van der Waals surface area contributed by atoms with E-state index in [9.17, 15) is 19.7 Å². The van der Waals surface area contributed by atoms with Crippen LogP contribution < -0.4 is 20.5 Å². The number of nitro groups is 1. The van der Waals surface area contributed by atoms with E-state index in [1.807, 2.05) is 11.0 Å². The number of halogens is 1. The number of nitrogens with zero attached hydrogens (tertiary/aromatic N) is 2. The fraction of sp³-hybridized carbons (Fsp3) is 0.333. The third kappa shape index (κ3) is 5.94. The monoisotopic (exact) mass is 490 g/mol. The number of rotatable bonds is 6. The third-order valence-corrected chi connectivity index (χ3v) is 5.57. The van der Waals surface area contributed by atoms with Gasteiger partial charge in [0.1, 0.15) is 11.4 Å². The molecule has 1 heterocycles. The van der Waals surface area contributed by atoms with Gasteiger partial charge in [0.2, 0.25) is 5.91 Å². The Labute approximate surface area is 188 Å². The van der Waals surface area contributed by atoms with Crippen LogP contribution in [0.2, 0.25) is 0 Å². The Morgan fingerprint density at radius 2 is 1.87 bits per heavy atom. The number of nitrogens with one attached hydrogen (secondary N) is 2. The van der Waals surface area contributed by atoms with Gasteiger partial charge in [-0.2, -0.15) is 0 Å². The molecule has 1 aliphatic heterocycles. The van der Waals surface area contributed by atoms with Crippen LogP contribution in [0.3, 0.4) is 0 Å². The first kappa shape index (κ1) is 22.5. The number of amides is 2. The first-order valence-electron chi connectivity index (χ1n) is 9.85. The van der Waals surface area contributed by atoms with E-state index in [1.54, 1.807) is 43.3 Å². The molecule has 9 nitrogen and oxygen atoms in total. The summed E-state index contributed by atoms with van der Waals surface area (Å²) in [5.74, 6) is -0.512. The van der Waals surface area contributed by atoms with Gasteiger partial charge in [-0.1, -0.05) is 34.1 Å². The molecule has 2 aromatic carbocycles. The van der Waals surface area contributed by atoms with Crippen molar-refractivity contribution in [3.63, 3.8) is 0 Å². The predicted molar refractivity (Wildman–Crippen MR) is 119 cm³/mol. The van der Waals surface area contributed by atoms with Gasteiger partial charge in [-0.3, -0.25) is 30.6 Å². The van der Waals surface area contributed by atoms with Crippen molar-refractivity contribution in [3.8, 4) is 5.75 Å². The highest BCUT2D eigenvalue weighted by Gasteiger charge is 2.28. The highest BCUT2D eigenvalue weighted by atomic mass is 79.9. The van der Waals surface area contributed by atoms with Crippen LogP contribution in [0, 0.1) is 16.0 Å². The Morgan fingerprint density at radius 1 is 1.16 bits per heavy atom. The van der Waals surface area contributed by atoms with Crippen molar-refractivity contribution in [3.05, 3.63) is 63.1 Å². The molecular formula is C21H23BrN4O5. The van der Waals surface area contributed by atoms with Crippen LogP contribution in [0.4, 0.5) is 11.4 Å². The van der Waals surface area contributed by atoms with Crippen molar-refractivity contribution in [2.45, 2.75) is 25.9 Å². The molecule has 0 aliphatic carbocycles. The number of piperidine rings is 1. The zero-order chi connectivity index (χ0) is 22.4. The summed E-state index contributed by atoms with van der Waals surface area (Å²) < 4.78 is 6.40. The van der Waals surface area contributed by atoms with E-state index >= 15 is 0 Å². The first-order chi connectivity index (χ1) is 14.8. The Bertz CT molecular complexity index is 962. The van der Waals surface area contributed by atoms with Crippen molar-refractivity contribution in [1.29, 1.82) is 0 Å². The topological polar surface area (TPSA) is 114 Å². The largest absolute Gasteiger partial charge is 0.481 e. The van der Waals surface area contributed by atoms with Gasteiger partial charge in [-0.15, -0.1) is 0 Å². The molecule has 10 heteroatoms. The second-order valence-electron chi connectivity index (χ2n) is 7.20. The lowest BCUT2D eigenvalue weighted by Crippen LogP contribution is -2.50. The summed E-state index contributed by atoms with van der Waals surface area (Å²) in [6.45, 7) is 2.62. The number of ether oxygens (including phenoxy) is 1. The van der Waals surface area contributed by atoms with Crippen LogP contribution in [0.5, 0.6) is 5.75 Å². The van der Waals surface area contributed by atoms with Crippen LogP contribution >= 0.6 is 15.9 Å². The number of carbonyl (C=O) groups is 2. The molecule has 0 saturated carbocycles. The van der Waals surface area contributed by atoms with Gasteiger partial charge in [0, 0.05) is 29.5 Å². The SMILES string of the molecule is CC(Oc1cccc(Br)c1)C(=O)NNC(=O)C1CCN(c2ccccc2[N+](=O)[O-])CC1. The molecule has 1 atom stereocenters. The average molecular weight is 491 g/mol. The highest BCUT2D eigenvalue weighted by molar-refractivity contribution is 9.10. The fourth-order valence-electron chi connectivity index (χ4n) is 3.39. The number of para-hydroxylation sites is 2. The summed E-state index contributed by atoms with van der Waals surface area (Å²) >= 11 is 3.34. The summed E-state index contributed by atoms with van der Waals surface area (Å²) in [4.78, 5) is 37.4. The van der Waals surface area contributed by atoms with Gasteiger partial charge >= 0.3 is 0 Å². The Balaban J connectivity index is 1.47. The molecule has 2 N–H and O–H groups in total. The number of benzene rings is 2. The van der Waals surface area contributed by atoms with Gasteiger partial charge < -0.3 is 9.64 Å². The molecule has 0 radical (unpaired) electrons. The lowest BCUT2D eigenvalue weighted by Gasteiger charge is -2.32. The minimum absolute atomic E-state index is 0.0529. The molecule has 2 aromatic rings. The summed E-state index contributed by atoms with van der Waals surface area (Å²) in [6.07, 6.45) is 0.255. The second-order valence-corrected chi connectivity index (χ2v) is 8.12. The maximum Gasteiger partial charge on any atom is 0.292 e. The summed E-state index contributed by atoms with van der Waals surface area (Å²) in [7, 11) is 0. The van der Waals surface area contributed by atoms with Crippen molar-refractivity contribution in [2.24, 2.45) is 5.92 Å². The van der Waals surface area contributed by atoms with E-state index in [-0.39, 0.29) is 17.5 Å². The average Bonchev–Trinajstić information content (AvgIpc) is 2.77. The number of carbonyl (C=O) groups excluding carboxylic acids is 2. The van der Waals surface area contributed by atoms with Crippen molar-refractivity contribution >= 4 is 39.1 Å². The molecular weight excluding hydrogens is 468 g/mol. The second kappa shape index (κ2) is 10.3. The summed E-state index contributed by atoms with van der Waals surface area (Å²) in [5, 5.41) is 11.2.